The summed E-state index contributed by atoms with van der Waals surface area (Å²) in [6.45, 7) is 1.91. The smallest absolute Gasteiger partial charge is 0.153 e. The molecule has 0 fully saturated rings. The van der Waals surface area contributed by atoms with Crippen LogP contribution in [-0.4, -0.2) is 23.4 Å². The Bertz CT molecular complexity index is 405. The van der Waals surface area contributed by atoms with Gasteiger partial charge in [0.15, 0.2) is 4.32 Å². The predicted octanol–water partition coefficient (Wildman–Crippen LogP) is 2.66. The van der Waals surface area contributed by atoms with Gasteiger partial charge < -0.3 is 4.74 Å². The van der Waals surface area contributed by atoms with Crippen molar-refractivity contribution < 1.29 is 4.74 Å². The molecule has 0 amide bonds. The fraction of sp³-hybridized carbons (Fsp3) is 0.273. The van der Waals surface area contributed by atoms with E-state index in [1.165, 1.54) is 11.8 Å². The summed E-state index contributed by atoms with van der Waals surface area (Å²) in [5, 5.41) is 4.20. The van der Waals surface area contributed by atoms with Crippen LogP contribution in [-0.2, 0) is 0 Å². The SMILES string of the molecule is COc1ccccc1/C(C)=N/NC(=S)SC. The second-order valence-corrected chi connectivity index (χ2v) is 4.48. The van der Waals surface area contributed by atoms with Crippen molar-refractivity contribution in [1.82, 2.24) is 5.43 Å². The quantitative estimate of drug-likeness (QED) is 0.511. The summed E-state index contributed by atoms with van der Waals surface area (Å²) < 4.78 is 5.90. The van der Waals surface area contributed by atoms with E-state index in [9.17, 15) is 0 Å². The van der Waals surface area contributed by atoms with Crippen molar-refractivity contribution in [2.45, 2.75) is 6.92 Å². The van der Waals surface area contributed by atoms with Crippen LogP contribution in [0.4, 0.5) is 0 Å². The summed E-state index contributed by atoms with van der Waals surface area (Å²) in [6, 6.07) is 7.74. The first-order valence-corrected chi connectivity index (χ1v) is 6.34. The molecular formula is C11H14N2OS2. The number of thioether (sulfide) groups is 1. The normalized spacial score (nSPS) is 11.1. The molecule has 0 aliphatic heterocycles. The molecule has 0 atom stereocenters. The molecule has 1 N–H and O–H groups in total. The monoisotopic (exact) mass is 254 g/mol. The zero-order valence-electron chi connectivity index (χ0n) is 9.48. The lowest BCUT2D eigenvalue weighted by atomic mass is 10.1. The molecule has 0 aromatic heterocycles. The van der Waals surface area contributed by atoms with Gasteiger partial charge in [0.05, 0.1) is 12.8 Å². The Balaban J connectivity index is 2.86. The molecule has 0 spiro atoms. The lowest BCUT2D eigenvalue weighted by molar-refractivity contribution is 0.414. The molecule has 0 bridgehead atoms. The molecule has 86 valence electrons. The molecule has 3 nitrogen and oxygen atoms in total. The van der Waals surface area contributed by atoms with Crippen LogP contribution in [0.2, 0.25) is 0 Å². The van der Waals surface area contributed by atoms with Gasteiger partial charge in [-0.3, -0.25) is 5.43 Å². The Morgan fingerprint density at radius 3 is 2.75 bits per heavy atom. The van der Waals surface area contributed by atoms with E-state index in [1.807, 2.05) is 37.4 Å². The molecule has 0 unspecified atom stereocenters. The first-order valence-electron chi connectivity index (χ1n) is 4.70. The van der Waals surface area contributed by atoms with Gasteiger partial charge >= 0.3 is 0 Å². The van der Waals surface area contributed by atoms with Crippen molar-refractivity contribution in [2.24, 2.45) is 5.10 Å². The fourth-order valence-corrected chi connectivity index (χ4v) is 1.36. The lowest BCUT2D eigenvalue weighted by Crippen LogP contribution is -2.13. The molecule has 5 heteroatoms. The number of rotatable bonds is 3. The van der Waals surface area contributed by atoms with Gasteiger partial charge in [0, 0.05) is 5.56 Å². The molecule has 16 heavy (non-hydrogen) atoms. The van der Waals surface area contributed by atoms with Gasteiger partial charge in [-0.1, -0.05) is 36.1 Å². The van der Waals surface area contributed by atoms with Crippen LogP contribution in [0.3, 0.4) is 0 Å². The number of hydrazone groups is 1. The number of thiocarbonyl (C=S) groups is 1. The maximum absolute atomic E-state index is 5.25. The molecule has 0 aliphatic carbocycles. The van der Waals surface area contributed by atoms with Gasteiger partial charge in [-0.25, -0.2) is 0 Å². The number of nitrogens with zero attached hydrogens (tertiary/aromatic N) is 1. The number of ether oxygens (including phenoxy) is 1. The summed E-state index contributed by atoms with van der Waals surface area (Å²) in [5.74, 6) is 0.806. The zero-order valence-corrected chi connectivity index (χ0v) is 11.1. The molecule has 1 rings (SSSR count). The number of methoxy groups -OCH3 is 1. The van der Waals surface area contributed by atoms with E-state index in [1.54, 1.807) is 7.11 Å². The molecule has 0 aliphatic rings. The summed E-state index contributed by atoms with van der Waals surface area (Å²) in [7, 11) is 1.64. The van der Waals surface area contributed by atoms with Gasteiger partial charge in [-0.2, -0.15) is 5.10 Å². The van der Waals surface area contributed by atoms with E-state index in [4.69, 9.17) is 17.0 Å². The van der Waals surface area contributed by atoms with Crippen LogP contribution in [0.5, 0.6) is 5.75 Å². The Hall–Kier alpha value is -1.07. The number of hydrogen-bond donors (Lipinski definition) is 1. The second-order valence-electron chi connectivity index (χ2n) is 3.00. The van der Waals surface area contributed by atoms with E-state index in [0.717, 1.165) is 17.0 Å². The highest BCUT2D eigenvalue weighted by molar-refractivity contribution is 8.22. The van der Waals surface area contributed by atoms with Crippen molar-refractivity contribution >= 4 is 34.0 Å². The molecule has 0 saturated heterocycles. The summed E-state index contributed by atoms with van der Waals surface area (Å²) in [4.78, 5) is 0. The number of para-hydroxylation sites is 1. The van der Waals surface area contributed by atoms with Crippen molar-refractivity contribution in [3.05, 3.63) is 29.8 Å². The molecule has 0 radical (unpaired) electrons. The Labute approximate surface area is 105 Å². The minimum Gasteiger partial charge on any atom is -0.496 e. The molecule has 0 heterocycles. The van der Waals surface area contributed by atoms with E-state index in [0.29, 0.717) is 4.32 Å². The summed E-state index contributed by atoms with van der Waals surface area (Å²) >= 11 is 6.45. The molecule has 0 saturated carbocycles. The highest BCUT2D eigenvalue weighted by Crippen LogP contribution is 2.17. The largest absolute Gasteiger partial charge is 0.496 e. The minimum absolute atomic E-state index is 0.647. The van der Waals surface area contributed by atoms with Gasteiger partial charge in [0.2, 0.25) is 0 Å². The van der Waals surface area contributed by atoms with E-state index >= 15 is 0 Å². The van der Waals surface area contributed by atoms with Gasteiger partial charge in [0.1, 0.15) is 5.75 Å². The maximum atomic E-state index is 5.25. The van der Waals surface area contributed by atoms with Crippen LogP contribution in [0.1, 0.15) is 12.5 Å². The Morgan fingerprint density at radius 1 is 1.44 bits per heavy atom. The average Bonchev–Trinajstić information content (AvgIpc) is 2.35. The third kappa shape index (κ3) is 3.50. The predicted molar refractivity (Wildman–Crippen MR) is 74.5 cm³/mol. The minimum atomic E-state index is 0.647. The third-order valence-corrected chi connectivity index (χ3v) is 3.05. The first-order chi connectivity index (χ1) is 7.69. The van der Waals surface area contributed by atoms with Gasteiger partial charge in [-0.15, -0.1) is 0 Å². The van der Waals surface area contributed by atoms with Crippen LogP contribution < -0.4 is 10.2 Å². The van der Waals surface area contributed by atoms with Crippen molar-refractivity contribution in [2.75, 3.05) is 13.4 Å². The number of nitrogens with one attached hydrogen (secondary N) is 1. The van der Waals surface area contributed by atoms with Crippen molar-refractivity contribution in [3.8, 4) is 5.75 Å². The average molecular weight is 254 g/mol. The maximum Gasteiger partial charge on any atom is 0.153 e. The van der Waals surface area contributed by atoms with Crippen LogP contribution in [0.15, 0.2) is 29.4 Å². The Morgan fingerprint density at radius 2 is 2.12 bits per heavy atom. The lowest BCUT2D eigenvalue weighted by Gasteiger charge is -2.07. The topological polar surface area (TPSA) is 33.6 Å². The van der Waals surface area contributed by atoms with Gasteiger partial charge in [-0.05, 0) is 25.3 Å². The van der Waals surface area contributed by atoms with E-state index < -0.39 is 0 Å². The molecular weight excluding hydrogens is 240 g/mol. The number of benzene rings is 1. The van der Waals surface area contributed by atoms with E-state index in [2.05, 4.69) is 10.5 Å². The Kier molecular flexibility index (Phi) is 5.28. The van der Waals surface area contributed by atoms with Crippen molar-refractivity contribution in [3.63, 3.8) is 0 Å². The molecule has 1 aromatic carbocycles. The second kappa shape index (κ2) is 6.50. The third-order valence-electron chi connectivity index (χ3n) is 2.00. The van der Waals surface area contributed by atoms with E-state index in [-0.39, 0.29) is 0 Å². The highest BCUT2D eigenvalue weighted by Gasteiger charge is 2.04. The van der Waals surface area contributed by atoms with Crippen LogP contribution in [0.25, 0.3) is 0 Å². The fourth-order valence-electron chi connectivity index (χ4n) is 1.18. The highest BCUT2D eigenvalue weighted by atomic mass is 32.2. The van der Waals surface area contributed by atoms with Crippen molar-refractivity contribution in [1.29, 1.82) is 0 Å². The van der Waals surface area contributed by atoms with Gasteiger partial charge in [0.25, 0.3) is 0 Å². The standard InChI is InChI=1S/C11H14N2OS2/c1-8(12-13-11(15)16-3)9-6-4-5-7-10(9)14-2/h4-7H,1-3H3,(H,13,15)/b12-8+. The number of hydrogen-bond acceptors (Lipinski definition) is 4. The summed E-state index contributed by atoms with van der Waals surface area (Å²) in [5.41, 5.74) is 4.61. The zero-order chi connectivity index (χ0) is 12.0. The summed E-state index contributed by atoms with van der Waals surface area (Å²) in [6.07, 6.45) is 1.91. The molecule has 1 aromatic rings. The van der Waals surface area contributed by atoms with Crippen LogP contribution >= 0.6 is 24.0 Å². The van der Waals surface area contributed by atoms with Crippen LogP contribution in [0, 0.1) is 0 Å². The first kappa shape index (κ1) is 13.0.